The van der Waals surface area contributed by atoms with Gasteiger partial charge >= 0.3 is 5.97 Å². The van der Waals surface area contributed by atoms with Crippen LogP contribution in [0.2, 0.25) is 0 Å². The molecule has 1 aliphatic carbocycles. The predicted molar refractivity (Wildman–Crippen MR) is 111 cm³/mol. The first-order valence-corrected chi connectivity index (χ1v) is 11.7. The smallest absolute Gasteiger partial charge is 0.314 e. The van der Waals surface area contributed by atoms with Crippen LogP contribution < -0.4 is 0 Å². The lowest BCUT2D eigenvalue weighted by molar-refractivity contribution is -0.142. The molecule has 0 N–H and O–H groups in total. The van der Waals surface area contributed by atoms with Crippen LogP contribution in [0.3, 0.4) is 0 Å². The van der Waals surface area contributed by atoms with Crippen LogP contribution in [0.25, 0.3) is 0 Å². The lowest BCUT2D eigenvalue weighted by atomic mass is 9.84. The maximum absolute atomic E-state index is 13.3. The Balaban J connectivity index is 1.61. The molecule has 29 heavy (non-hydrogen) atoms. The standard InChI is InChI=1S/C23H27NO4S/c1-28-23(25)22-16-24(15-19-9-5-6-10-21(19)22)29(26,27)20-13-11-18(12-14-20)17-7-3-2-4-8-17/h5-6,9-14,17,22H,2-4,7-8,15-16H2,1H3. The average Bonchev–Trinajstić information content (AvgIpc) is 2.78. The second kappa shape index (κ2) is 8.28. The van der Waals surface area contributed by atoms with Crippen LogP contribution in [-0.2, 0) is 26.1 Å². The largest absolute Gasteiger partial charge is 0.469 e. The number of carbonyl (C=O) groups is 1. The van der Waals surface area contributed by atoms with Gasteiger partial charge in [-0.3, -0.25) is 4.79 Å². The summed E-state index contributed by atoms with van der Waals surface area (Å²) < 4.78 is 33.0. The van der Waals surface area contributed by atoms with Crippen molar-refractivity contribution >= 4 is 16.0 Å². The van der Waals surface area contributed by atoms with Gasteiger partial charge in [-0.05, 0) is 47.6 Å². The van der Waals surface area contributed by atoms with Gasteiger partial charge < -0.3 is 4.74 Å². The molecule has 1 fully saturated rings. The third kappa shape index (κ3) is 3.96. The molecule has 1 unspecified atom stereocenters. The number of ether oxygens (including phenoxy) is 1. The van der Waals surface area contributed by atoms with Crippen LogP contribution in [0.5, 0.6) is 0 Å². The number of sulfonamides is 1. The SMILES string of the molecule is COC(=O)C1CN(S(=O)(=O)c2ccc(C3CCCCC3)cc2)Cc2ccccc21. The van der Waals surface area contributed by atoms with Crippen molar-refractivity contribution in [1.29, 1.82) is 0 Å². The van der Waals surface area contributed by atoms with Gasteiger partial charge in [-0.25, -0.2) is 8.42 Å². The van der Waals surface area contributed by atoms with Crippen LogP contribution >= 0.6 is 0 Å². The summed E-state index contributed by atoms with van der Waals surface area (Å²) in [6, 6.07) is 14.8. The molecule has 1 heterocycles. The lowest BCUT2D eigenvalue weighted by Crippen LogP contribution is -2.40. The number of methoxy groups -OCH3 is 1. The second-order valence-corrected chi connectivity index (χ2v) is 9.91. The fraction of sp³-hybridized carbons (Fsp3) is 0.435. The summed E-state index contributed by atoms with van der Waals surface area (Å²) in [5.41, 5.74) is 2.91. The molecule has 0 spiro atoms. The van der Waals surface area contributed by atoms with Gasteiger partial charge in [0.15, 0.2) is 0 Å². The zero-order valence-electron chi connectivity index (χ0n) is 16.7. The minimum absolute atomic E-state index is 0.0936. The monoisotopic (exact) mass is 413 g/mol. The van der Waals surface area contributed by atoms with Gasteiger partial charge in [0.05, 0.1) is 17.9 Å². The fourth-order valence-corrected chi connectivity index (χ4v) is 6.03. The molecular formula is C23H27NO4S. The predicted octanol–water partition coefficient (Wildman–Crippen LogP) is 4.20. The fourth-order valence-electron chi connectivity index (χ4n) is 4.60. The van der Waals surface area contributed by atoms with E-state index >= 15 is 0 Å². The maximum atomic E-state index is 13.3. The first-order valence-electron chi connectivity index (χ1n) is 10.3. The Morgan fingerprint density at radius 2 is 1.69 bits per heavy atom. The topological polar surface area (TPSA) is 63.7 Å². The zero-order valence-corrected chi connectivity index (χ0v) is 17.5. The third-order valence-corrected chi connectivity index (χ3v) is 8.07. The maximum Gasteiger partial charge on any atom is 0.314 e. The van der Waals surface area contributed by atoms with Gasteiger partial charge in [0.25, 0.3) is 0 Å². The Hall–Kier alpha value is -2.18. The first-order chi connectivity index (χ1) is 14.0. The molecule has 154 valence electrons. The lowest BCUT2D eigenvalue weighted by Gasteiger charge is -2.32. The second-order valence-electron chi connectivity index (χ2n) is 7.98. The van der Waals surface area contributed by atoms with E-state index in [1.807, 2.05) is 36.4 Å². The van der Waals surface area contributed by atoms with Gasteiger partial charge in [0.1, 0.15) is 0 Å². The van der Waals surface area contributed by atoms with Gasteiger partial charge in [0.2, 0.25) is 10.0 Å². The molecule has 6 heteroatoms. The van der Waals surface area contributed by atoms with Gasteiger partial charge in [-0.15, -0.1) is 0 Å². The first kappa shape index (κ1) is 20.1. The van der Waals surface area contributed by atoms with E-state index in [1.54, 1.807) is 12.1 Å². The Bertz CT molecular complexity index is 978. The highest BCUT2D eigenvalue weighted by atomic mass is 32.2. The zero-order chi connectivity index (χ0) is 20.4. The van der Waals surface area contributed by atoms with Gasteiger partial charge in [0, 0.05) is 13.1 Å². The summed E-state index contributed by atoms with van der Waals surface area (Å²) in [6.07, 6.45) is 6.13. The minimum atomic E-state index is -3.70. The van der Waals surface area contributed by atoms with Crippen molar-refractivity contribution in [3.8, 4) is 0 Å². The van der Waals surface area contributed by atoms with Crippen LogP contribution in [0.15, 0.2) is 53.4 Å². The van der Waals surface area contributed by atoms with Crippen molar-refractivity contribution in [3.05, 3.63) is 65.2 Å². The summed E-state index contributed by atoms with van der Waals surface area (Å²) in [4.78, 5) is 12.6. The molecule has 1 atom stereocenters. The Morgan fingerprint density at radius 3 is 2.38 bits per heavy atom. The molecule has 1 aliphatic heterocycles. The molecule has 4 rings (SSSR count). The van der Waals surface area contributed by atoms with E-state index in [2.05, 4.69) is 0 Å². The summed E-state index contributed by atoms with van der Waals surface area (Å²) >= 11 is 0. The normalized spacial score (nSPS) is 20.8. The quantitative estimate of drug-likeness (QED) is 0.705. The molecule has 0 amide bonds. The van der Waals surface area contributed by atoms with Crippen LogP contribution in [0.1, 0.15) is 60.6 Å². The average molecular weight is 414 g/mol. The van der Waals surface area contributed by atoms with E-state index in [4.69, 9.17) is 4.74 Å². The Morgan fingerprint density at radius 1 is 1.00 bits per heavy atom. The molecule has 1 saturated carbocycles. The molecule has 2 aliphatic rings. The molecule has 0 radical (unpaired) electrons. The van der Waals surface area contributed by atoms with Crippen LogP contribution in [-0.4, -0.2) is 32.3 Å². The number of hydrogen-bond donors (Lipinski definition) is 0. The van der Waals surface area contributed by atoms with Crippen molar-refractivity contribution in [2.75, 3.05) is 13.7 Å². The van der Waals surface area contributed by atoms with E-state index in [9.17, 15) is 13.2 Å². The summed E-state index contributed by atoms with van der Waals surface area (Å²) in [6.45, 7) is 0.354. The highest BCUT2D eigenvalue weighted by Gasteiger charge is 2.37. The highest BCUT2D eigenvalue weighted by molar-refractivity contribution is 7.89. The number of benzene rings is 2. The minimum Gasteiger partial charge on any atom is -0.469 e. The molecule has 0 aromatic heterocycles. The number of carbonyl (C=O) groups excluding carboxylic acids is 1. The van der Waals surface area contributed by atoms with E-state index in [-0.39, 0.29) is 18.0 Å². The highest BCUT2D eigenvalue weighted by Crippen LogP contribution is 2.35. The van der Waals surface area contributed by atoms with Gasteiger partial charge in [-0.1, -0.05) is 55.7 Å². The molecule has 0 bridgehead atoms. The van der Waals surface area contributed by atoms with Crippen molar-refractivity contribution in [2.24, 2.45) is 0 Å². The number of nitrogens with zero attached hydrogens (tertiary/aromatic N) is 1. The molecule has 5 nitrogen and oxygen atoms in total. The number of fused-ring (bicyclic) bond motifs is 1. The summed E-state index contributed by atoms with van der Waals surface area (Å²) in [7, 11) is -2.37. The van der Waals surface area contributed by atoms with Crippen LogP contribution in [0, 0.1) is 0 Å². The van der Waals surface area contributed by atoms with E-state index < -0.39 is 21.9 Å². The number of hydrogen-bond acceptors (Lipinski definition) is 4. The van der Waals surface area contributed by atoms with Crippen molar-refractivity contribution in [3.63, 3.8) is 0 Å². The van der Waals surface area contributed by atoms with Gasteiger partial charge in [-0.2, -0.15) is 4.31 Å². The van der Waals surface area contributed by atoms with E-state index in [0.717, 1.165) is 11.1 Å². The number of esters is 1. The third-order valence-electron chi connectivity index (χ3n) is 6.24. The van der Waals surface area contributed by atoms with E-state index in [1.165, 1.54) is 49.1 Å². The number of rotatable bonds is 4. The Labute approximate surface area is 172 Å². The van der Waals surface area contributed by atoms with Crippen molar-refractivity contribution in [1.82, 2.24) is 4.31 Å². The molecule has 2 aromatic rings. The summed E-state index contributed by atoms with van der Waals surface area (Å²) in [5, 5.41) is 0. The molecule has 0 saturated heterocycles. The van der Waals surface area contributed by atoms with Crippen molar-refractivity contribution < 1.29 is 17.9 Å². The van der Waals surface area contributed by atoms with Crippen LogP contribution in [0.4, 0.5) is 0 Å². The Kier molecular flexibility index (Phi) is 5.74. The summed E-state index contributed by atoms with van der Waals surface area (Å²) in [5.74, 6) is -0.489. The van der Waals surface area contributed by atoms with E-state index in [0.29, 0.717) is 5.92 Å². The molecule has 2 aromatic carbocycles. The van der Waals surface area contributed by atoms with Crippen molar-refractivity contribution in [2.45, 2.75) is 55.4 Å². The molecular weight excluding hydrogens is 386 g/mol.